The van der Waals surface area contributed by atoms with Crippen molar-refractivity contribution < 1.29 is 14.1 Å². The van der Waals surface area contributed by atoms with E-state index < -0.39 is 0 Å². The van der Waals surface area contributed by atoms with Crippen molar-refractivity contribution in [3.05, 3.63) is 17.5 Å². The molecular formula is C15H22N4O3. The van der Waals surface area contributed by atoms with Gasteiger partial charge < -0.3 is 14.3 Å². The predicted octanol–water partition coefficient (Wildman–Crippen LogP) is 0.106. The second-order valence-corrected chi connectivity index (χ2v) is 6.21. The lowest BCUT2D eigenvalue weighted by atomic mass is 10.1. The number of carbonyl (C=O) groups is 2. The van der Waals surface area contributed by atoms with Gasteiger partial charge in [0.15, 0.2) is 0 Å². The van der Waals surface area contributed by atoms with Gasteiger partial charge in [0.2, 0.25) is 11.8 Å². The standard InChI is InChI=1S/C15H22N4O3/c1-11-7-13(16-22-11)10-18-3-5-19(6-4-18)15(21)12-8-14(20)17(2)9-12/h7,12H,3-6,8-10H2,1-2H3/t12-/m0/s1. The molecule has 1 aromatic heterocycles. The van der Waals surface area contributed by atoms with E-state index in [0.29, 0.717) is 26.1 Å². The molecule has 2 aliphatic rings. The Kier molecular flexibility index (Phi) is 4.15. The second-order valence-electron chi connectivity index (χ2n) is 6.21. The summed E-state index contributed by atoms with van der Waals surface area (Å²) in [5.41, 5.74) is 0.931. The Morgan fingerprint density at radius 1 is 1.36 bits per heavy atom. The maximum absolute atomic E-state index is 12.5. The molecule has 1 aromatic rings. The normalized spacial score (nSPS) is 23.4. The number of hydrogen-bond donors (Lipinski definition) is 0. The Bertz CT molecular complexity index is 563. The molecule has 120 valence electrons. The molecule has 0 saturated carbocycles. The zero-order valence-corrected chi connectivity index (χ0v) is 13.1. The summed E-state index contributed by atoms with van der Waals surface area (Å²) in [5, 5.41) is 4.00. The van der Waals surface area contributed by atoms with Crippen LogP contribution in [0.15, 0.2) is 10.6 Å². The van der Waals surface area contributed by atoms with E-state index in [0.717, 1.165) is 31.1 Å². The largest absolute Gasteiger partial charge is 0.361 e. The third-order valence-electron chi connectivity index (χ3n) is 4.44. The summed E-state index contributed by atoms with van der Waals surface area (Å²) in [6.07, 6.45) is 0.355. The van der Waals surface area contributed by atoms with Crippen molar-refractivity contribution in [1.29, 1.82) is 0 Å². The zero-order chi connectivity index (χ0) is 15.7. The van der Waals surface area contributed by atoms with Crippen LogP contribution in [-0.2, 0) is 16.1 Å². The number of aromatic nitrogens is 1. The number of hydrogen-bond acceptors (Lipinski definition) is 5. The first-order valence-corrected chi connectivity index (χ1v) is 7.70. The van der Waals surface area contributed by atoms with Crippen molar-refractivity contribution in [3.8, 4) is 0 Å². The van der Waals surface area contributed by atoms with E-state index in [-0.39, 0.29) is 17.7 Å². The summed E-state index contributed by atoms with van der Waals surface area (Å²) in [5.74, 6) is 0.842. The molecule has 22 heavy (non-hydrogen) atoms. The van der Waals surface area contributed by atoms with Crippen molar-refractivity contribution in [2.45, 2.75) is 19.9 Å². The highest BCUT2D eigenvalue weighted by Gasteiger charge is 2.35. The Hall–Kier alpha value is -1.89. The first-order valence-electron chi connectivity index (χ1n) is 7.70. The lowest BCUT2D eigenvalue weighted by Gasteiger charge is -2.35. The molecule has 1 atom stereocenters. The number of nitrogens with zero attached hydrogens (tertiary/aromatic N) is 4. The SMILES string of the molecule is Cc1cc(CN2CCN(C(=O)[C@H]3CC(=O)N(C)C3)CC2)no1. The second kappa shape index (κ2) is 6.08. The van der Waals surface area contributed by atoms with E-state index in [1.807, 2.05) is 17.9 Å². The number of rotatable bonds is 3. The average molecular weight is 306 g/mol. The van der Waals surface area contributed by atoms with E-state index in [4.69, 9.17) is 4.52 Å². The first-order chi connectivity index (χ1) is 10.5. The van der Waals surface area contributed by atoms with Crippen LogP contribution >= 0.6 is 0 Å². The van der Waals surface area contributed by atoms with E-state index in [1.54, 1.807) is 11.9 Å². The summed E-state index contributed by atoms with van der Waals surface area (Å²) in [6.45, 7) is 6.27. The van der Waals surface area contributed by atoms with Gasteiger partial charge in [-0.05, 0) is 6.92 Å². The molecule has 3 rings (SSSR count). The van der Waals surface area contributed by atoms with Crippen LogP contribution in [0.3, 0.4) is 0 Å². The summed E-state index contributed by atoms with van der Waals surface area (Å²) < 4.78 is 5.08. The topological polar surface area (TPSA) is 69.9 Å². The molecule has 0 unspecified atom stereocenters. The Balaban J connectivity index is 1.49. The highest BCUT2D eigenvalue weighted by molar-refractivity contribution is 5.89. The van der Waals surface area contributed by atoms with Crippen LogP contribution in [0, 0.1) is 12.8 Å². The van der Waals surface area contributed by atoms with Gasteiger partial charge in [0.25, 0.3) is 0 Å². The molecule has 2 aliphatic heterocycles. The summed E-state index contributed by atoms with van der Waals surface area (Å²) in [7, 11) is 1.76. The van der Waals surface area contributed by atoms with Crippen molar-refractivity contribution in [1.82, 2.24) is 19.9 Å². The first kappa shape index (κ1) is 15.0. The highest BCUT2D eigenvalue weighted by atomic mass is 16.5. The van der Waals surface area contributed by atoms with Crippen LogP contribution < -0.4 is 0 Å². The molecule has 2 fully saturated rings. The van der Waals surface area contributed by atoms with Gasteiger partial charge in [-0.1, -0.05) is 5.16 Å². The molecule has 2 saturated heterocycles. The van der Waals surface area contributed by atoms with Crippen LogP contribution in [0.25, 0.3) is 0 Å². The molecule has 0 bridgehead atoms. The van der Waals surface area contributed by atoms with Crippen molar-refractivity contribution in [2.75, 3.05) is 39.8 Å². The minimum absolute atomic E-state index is 0.0680. The van der Waals surface area contributed by atoms with E-state index in [9.17, 15) is 9.59 Å². The molecule has 0 aliphatic carbocycles. The maximum Gasteiger partial charge on any atom is 0.228 e. The lowest BCUT2D eigenvalue weighted by molar-refractivity contribution is -0.137. The summed E-state index contributed by atoms with van der Waals surface area (Å²) >= 11 is 0. The van der Waals surface area contributed by atoms with Crippen LogP contribution in [0.5, 0.6) is 0 Å². The Labute approximate surface area is 129 Å². The van der Waals surface area contributed by atoms with Crippen LogP contribution in [0.1, 0.15) is 17.9 Å². The van der Waals surface area contributed by atoms with Gasteiger partial charge in [0.1, 0.15) is 5.76 Å². The lowest BCUT2D eigenvalue weighted by Crippen LogP contribution is -2.50. The smallest absolute Gasteiger partial charge is 0.228 e. The van der Waals surface area contributed by atoms with Gasteiger partial charge in [-0.2, -0.15) is 0 Å². The van der Waals surface area contributed by atoms with Crippen molar-refractivity contribution in [3.63, 3.8) is 0 Å². The van der Waals surface area contributed by atoms with Gasteiger partial charge in [0.05, 0.1) is 11.6 Å². The molecule has 0 aromatic carbocycles. The Morgan fingerprint density at radius 2 is 2.09 bits per heavy atom. The van der Waals surface area contributed by atoms with Gasteiger partial charge in [-0.3, -0.25) is 14.5 Å². The number of carbonyl (C=O) groups excluding carboxylic acids is 2. The van der Waals surface area contributed by atoms with Gasteiger partial charge >= 0.3 is 0 Å². The zero-order valence-electron chi connectivity index (χ0n) is 13.1. The van der Waals surface area contributed by atoms with E-state index in [1.165, 1.54) is 0 Å². The number of piperazine rings is 1. The quantitative estimate of drug-likeness (QED) is 0.792. The molecule has 2 amide bonds. The monoisotopic (exact) mass is 306 g/mol. The molecular weight excluding hydrogens is 284 g/mol. The van der Waals surface area contributed by atoms with Crippen LogP contribution in [0.2, 0.25) is 0 Å². The summed E-state index contributed by atoms with van der Waals surface area (Å²) in [4.78, 5) is 29.8. The average Bonchev–Trinajstić information content (AvgIpc) is 3.05. The molecule has 0 radical (unpaired) electrons. The van der Waals surface area contributed by atoms with Crippen molar-refractivity contribution in [2.24, 2.45) is 5.92 Å². The molecule has 0 N–H and O–H groups in total. The molecule has 3 heterocycles. The minimum Gasteiger partial charge on any atom is -0.361 e. The minimum atomic E-state index is -0.165. The molecule has 0 spiro atoms. The number of amides is 2. The Morgan fingerprint density at radius 3 is 2.64 bits per heavy atom. The molecule has 7 nitrogen and oxygen atoms in total. The summed E-state index contributed by atoms with van der Waals surface area (Å²) in [6, 6.07) is 1.94. The highest BCUT2D eigenvalue weighted by Crippen LogP contribution is 2.19. The fourth-order valence-electron chi connectivity index (χ4n) is 3.14. The van der Waals surface area contributed by atoms with Crippen LogP contribution in [0.4, 0.5) is 0 Å². The maximum atomic E-state index is 12.5. The fourth-order valence-corrected chi connectivity index (χ4v) is 3.14. The number of aryl methyl sites for hydroxylation is 1. The fraction of sp³-hybridized carbons (Fsp3) is 0.667. The molecule has 7 heteroatoms. The third-order valence-corrected chi connectivity index (χ3v) is 4.44. The predicted molar refractivity (Wildman–Crippen MR) is 78.8 cm³/mol. The van der Waals surface area contributed by atoms with Gasteiger partial charge in [0, 0.05) is 58.8 Å². The van der Waals surface area contributed by atoms with E-state index in [2.05, 4.69) is 10.1 Å². The number of likely N-dealkylation sites (tertiary alicyclic amines) is 1. The van der Waals surface area contributed by atoms with Gasteiger partial charge in [-0.25, -0.2) is 0 Å². The van der Waals surface area contributed by atoms with E-state index >= 15 is 0 Å². The van der Waals surface area contributed by atoms with Gasteiger partial charge in [-0.15, -0.1) is 0 Å². The van der Waals surface area contributed by atoms with Crippen molar-refractivity contribution >= 4 is 11.8 Å². The van der Waals surface area contributed by atoms with Crippen LogP contribution in [-0.4, -0.2) is 71.4 Å². The third kappa shape index (κ3) is 3.14.